The highest BCUT2D eigenvalue weighted by Gasteiger charge is 2.18. The molecule has 0 aromatic heterocycles. The SMILES string of the molecule is Cc1ccc(S(=O)(=O)O)c(-c2ccc(Cl)cc2Cl)c1. The maximum absolute atomic E-state index is 11.4. The summed E-state index contributed by atoms with van der Waals surface area (Å²) in [6.45, 7) is 1.82. The van der Waals surface area contributed by atoms with Crippen LogP contribution in [0.1, 0.15) is 5.56 Å². The van der Waals surface area contributed by atoms with Crippen LogP contribution < -0.4 is 0 Å². The van der Waals surface area contributed by atoms with Gasteiger partial charge in [-0.3, -0.25) is 4.55 Å². The molecule has 0 atom stereocenters. The van der Waals surface area contributed by atoms with Crippen molar-refractivity contribution in [2.75, 3.05) is 0 Å². The monoisotopic (exact) mass is 316 g/mol. The van der Waals surface area contributed by atoms with Crippen LogP contribution in [0.15, 0.2) is 41.3 Å². The van der Waals surface area contributed by atoms with E-state index in [4.69, 9.17) is 23.2 Å². The minimum Gasteiger partial charge on any atom is -0.282 e. The zero-order chi connectivity index (χ0) is 14.2. The van der Waals surface area contributed by atoms with E-state index in [0.717, 1.165) is 5.56 Å². The number of halogens is 2. The fraction of sp³-hybridized carbons (Fsp3) is 0.0769. The van der Waals surface area contributed by atoms with Crippen LogP contribution >= 0.6 is 23.2 Å². The van der Waals surface area contributed by atoms with Gasteiger partial charge in [0.1, 0.15) is 4.90 Å². The van der Waals surface area contributed by atoms with Crippen molar-refractivity contribution in [3.05, 3.63) is 52.0 Å². The van der Waals surface area contributed by atoms with Gasteiger partial charge in [0.2, 0.25) is 0 Å². The Morgan fingerprint density at radius 1 is 1.00 bits per heavy atom. The van der Waals surface area contributed by atoms with E-state index in [-0.39, 0.29) is 4.90 Å². The lowest BCUT2D eigenvalue weighted by atomic mass is 10.0. The normalized spacial score (nSPS) is 11.6. The fourth-order valence-electron chi connectivity index (χ4n) is 1.79. The molecule has 0 aliphatic heterocycles. The summed E-state index contributed by atoms with van der Waals surface area (Å²) in [6.07, 6.45) is 0. The number of hydrogen-bond acceptors (Lipinski definition) is 2. The molecule has 2 aromatic carbocycles. The van der Waals surface area contributed by atoms with Crippen molar-refractivity contribution in [2.24, 2.45) is 0 Å². The zero-order valence-electron chi connectivity index (χ0n) is 9.89. The molecule has 0 unspecified atom stereocenters. The standard InChI is InChI=1S/C13H10Cl2O3S/c1-8-2-5-13(19(16,17)18)11(6-8)10-4-3-9(14)7-12(10)15/h2-7H,1H3,(H,16,17,18). The first kappa shape index (κ1) is 14.3. The van der Waals surface area contributed by atoms with Gasteiger partial charge in [0, 0.05) is 21.2 Å². The second kappa shape index (κ2) is 5.13. The maximum atomic E-state index is 11.4. The van der Waals surface area contributed by atoms with Crippen LogP contribution in [0.3, 0.4) is 0 Å². The molecule has 0 radical (unpaired) electrons. The molecule has 2 rings (SSSR count). The zero-order valence-corrected chi connectivity index (χ0v) is 12.2. The Morgan fingerprint density at radius 2 is 1.68 bits per heavy atom. The Labute approximate surface area is 121 Å². The summed E-state index contributed by atoms with van der Waals surface area (Å²) in [5.74, 6) is 0. The molecule has 2 aromatic rings. The average molecular weight is 317 g/mol. The van der Waals surface area contributed by atoms with Gasteiger partial charge in [0.15, 0.2) is 0 Å². The topological polar surface area (TPSA) is 54.4 Å². The molecule has 3 nitrogen and oxygen atoms in total. The van der Waals surface area contributed by atoms with Crippen molar-refractivity contribution in [1.29, 1.82) is 0 Å². The molecule has 0 aliphatic rings. The van der Waals surface area contributed by atoms with E-state index < -0.39 is 10.1 Å². The average Bonchev–Trinajstić information content (AvgIpc) is 2.27. The van der Waals surface area contributed by atoms with Gasteiger partial charge < -0.3 is 0 Å². The van der Waals surface area contributed by atoms with Crippen LogP contribution in [0, 0.1) is 6.92 Å². The van der Waals surface area contributed by atoms with E-state index in [1.807, 2.05) is 6.92 Å². The number of hydrogen-bond donors (Lipinski definition) is 1. The van der Waals surface area contributed by atoms with Gasteiger partial charge in [0.25, 0.3) is 10.1 Å². The minimum absolute atomic E-state index is 0.178. The highest BCUT2D eigenvalue weighted by Crippen LogP contribution is 2.34. The molecule has 1 N–H and O–H groups in total. The van der Waals surface area contributed by atoms with E-state index in [2.05, 4.69) is 0 Å². The van der Waals surface area contributed by atoms with Gasteiger partial charge in [0.05, 0.1) is 0 Å². The Morgan fingerprint density at radius 3 is 2.26 bits per heavy atom. The van der Waals surface area contributed by atoms with Gasteiger partial charge in [-0.05, 0) is 31.2 Å². The third kappa shape index (κ3) is 3.09. The molecule has 0 bridgehead atoms. The summed E-state index contributed by atoms with van der Waals surface area (Å²) < 4.78 is 32.1. The van der Waals surface area contributed by atoms with Crippen molar-refractivity contribution < 1.29 is 13.0 Å². The highest BCUT2D eigenvalue weighted by atomic mass is 35.5. The molecular formula is C13H10Cl2O3S. The predicted molar refractivity (Wildman–Crippen MR) is 76.4 cm³/mol. The molecule has 0 spiro atoms. The largest absolute Gasteiger partial charge is 0.295 e. The summed E-state index contributed by atoms with van der Waals surface area (Å²) in [5, 5.41) is 0.776. The van der Waals surface area contributed by atoms with Crippen LogP contribution in [0.5, 0.6) is 0 Å². The Hall–Kier alpha value is -1.07. The molecule has 0 saturated carbocycles. The van der Waals surface area contributed by atoms with E-state index in [1.54, 1.807) is 24.3 Å². The first-order chi connectivity index (χ1) is 8.79. The van der Waals surface area contributed by atoms with Gasteiger partial charge in [-0.25, -0.2) is 0 Å². The lowest BCUT2D eigenvalue weighted by molar-refractivity contribution is 0.483. The van der Waals surface area contributed by atoms with Gasteiger partial charge >= 0.3 is 0 Å². The van der Waals surface area contributed by atoms with Crippen molar-refractivity contribution in [3.8, 4) is 11.1 Å². The van der Waals surface area contributed by atoms with E-state index in [0.29, 0.717) is 21.2 Å². The smallest absolute Gasteiger partial charge is 0.282 e. The molecule has 19 heavy (non-hydrogen) atoms. The second-order valence-electron chi connectivity index (χ2n) is 4.10. The maximum Gasteiger partial charge on any atom is 0.295 e. The fourth-order valence-corrected chi connectivity index (χ4v) is 2.98. The van der Waals surface area contributed by atoms with Crippen LogP contribution in [-0.2, 0) is 10.1 Å². The van der Waals surface area contributed by atoms with Gasteiger partial charge in [-0.1, -0.05) is 40.9 Å². The van der Waals surface area contributed by atoms with Crippen LogP contribution in [0.4, 0.5) is 0 Å². The number of aryl methyl sites for hydroxylation is 1. The number of benzene rings is 2. The third-order valence-electron chi connectivity index (χ3n) is 2.63. The van der Waals surface area contributed by atoms with Crippen LogP contribution in [0.25, 0.3) is 11.1 Å². The van der Waals surface area contributed by atoms with E-state index >= 15 is 0 Å². The molecule has 0 fully saturated rings. The summed E-state index contributed by atoms with van der Waals surface area (Å²) in [6, 6.07) is 9.36. The first-order valence-corrected chi connectivity index (χ1v) is 7.52. The molecule has 0 aliphatic carbocycles. The molecule has 0 amide bonds. The summed E-state index contributed by atoms with van der Waals surface area (Å²) in [4.78, 5) is -0.178. The molecule has 0 saturated heterocycles. The second-order valence-corrected chi connectivity index (χ2v) is 6.33. The Kier molecular flexibility index (Phi) is 3.87. The summed E-state index contributed by atoms with van der Waals surface area (Å²) in [7, 11) is -4.32. The molecular weight excluding hydrogens is 307 g/mol. The van der Waals surface area contributed by atoms with Gasteiger partial charge in [-0.15, -0.1) is 0 Å². The highest BCUT2D eigenvalue weighted by molar-refractivity contribution is 7.86. The third-order valence-corrected chi connectivity index (χ3v) is 4.09. The van der Waals surface area contributed by atoms with Gasteiger partial charge in [-0.2, -0.15) is 8.42 Å². The molecule has 0 heterocycles. The summed E-state index contributed by atoms with van der Waals surface area (Å²) >= 11 is 11.9. The minimum atomic E-state index is -4.32. The van der Waals surface area contributed by atoms with Crippen LogP contribution in [0.2, 0.25) is 10.0 Å². The summed E-state index contributed by atoms with van der Waals surface area (Å²) in [5.41, 5.74) is 1.71. The van der Waals surface area contributed by atoms with Crippen LogP contribution in [-0.4, -0.2) is 13.0 Å². The molecule has 100 valence electrons. The van der Waals surface area contributed by atoms with Crippen molar-refractivity contribution in [1.82, 2.24) is 0 Å². The quantitative estimate of drug-likeness (QED) is 0.844. The van der Waals surface area contributed by atoms with Crippen molar-refractivity contribution in [2.45, 2.75) is 11.8 Å². The Bertz CT molecular complexity index is 740. The number of rotatable bonds is 2. The lowest BCUT2D eigenvalue weighted by Crippen LogP contribution is -2.01. The predicted octanol–water partition coefficient (Wildman–Crippen LogP) is 4.22. The van der Waals surface area contributed by atoms with Crippen molar-refractivity contribution >= 4 is 33.3 Å². The van der Waals surface area contributed by atoms with E-state index in [9.17, 15) is 13.0 Å². The van der Waals surface area contributed by atoms with E-state index in [1.165, 1.54) is 12.1 Å². The Balaban J connectivity index is 2.77. The lowest BCUT2D eigenvalue weighted by Gasteiger charge is -2.10. The first-order valence-electron chi connectivity index (χ1n) is 5.32. The molecule has 6 heteroatoms. The van der Waals surface area contributed by atoms with Crippen molar-refractivity contribution in [3.63, 3.8) is 0 Å².